The average Bonchev–Trinajstić information content (AvgIpc) is 3.39. The van der Waals surface area contributed by atoms with Gasteiger partial charge in [-0.25, -0.2) is 0 Å². The van der Waals surface area contributed by atoms with E-state index >= 15 is 0 Å². The minimum absolute atomic E-state index is 0.570. The Morgan fingerprint density at radius 3 is 1.74 bits per heavy atom. The van der Waals surface area contributed by atoms with E-state index in [1.54, 1.807) is 0 Å². The molecule has 27 heavy (non-hydrogen) atoms. The van der Waals surface area contributed by atoms with Gasteiger partial charge in [-0.15, -0.1) is 0 Å². The van der Waals surface area contributed by atoms with Gasteiger partial charge in [-0.3, -0.25) is 0 Å². The smallest absolute Gasteiger partial charge is 0.249 e. The Kier molecular flexibility index (Phi) is 5.00. The third-order valence-corrected chi connectivity index (χ3v) is 5.31. The van der Waals surface area contributed by atoms with Crippen molar-refractivity contribution in [3.05, 3.63) is 102 Å². The molecule has 0 radical (unpaired) electrons. The molecule has 0 N–H and O–H groups in total. The molecular weight excluding hydrogens is 332 g/mol. The van der Waals surface area contributed by atoms with E-state index < -0.39 is 11.4 Å². The number of epoxide rings is 1. The average molecular weight is 358 g/mol. The van der Waals surface area contributed by atoms with Crippen molar-refractivity contribution in [2.45, 2.75) is 44.0 Å². The highest BCUT2D eigenvalue weighted by Gasteiger charge is 2.74. The van der Waals surface area contributed by atoms with Crippen LogP contribution < -0.4 is 4.74 Å². The molecule has 1 fully saturated rings. The molecule has 3 aromatic carbocycles. The molecule has 2 heteroatoms. The maximum Gasteiger partial charge on any atom is 0.249 e. The summed E-state index contributed by atoms with van der Waals surface area (Å²) in [6.45, 7) is 2.22. The second kappa shape index (κ2) is 7.58. The lowest BCUT2D eigenvalue weighted by Gasteiger charge is -2.22. The van der Waals surface area contributed by atoms with E-state index in [0.29, 0.717) is 0 Å². The SMILES string of the molecule is CCCCCC1(Oc2ccccc2)OC1(c1ccccc1)c1ccccc1. The van der Waals surface area contributed by atoms with Crippen LogP contribution in [0.25, 0.3) is 0 Å². The Balaban J connectivity index is 1.77. The molecule has 0 saturated carbocycles. The lowest BCUT2D eigenvalue weighted by Crippen LogP contribution is -2.31. The van der Waals surface area contributed by atoms with E-state index in [1.165, 1.54) is 12.8 Å². The Labute approximate surface area is 161 Å². The number of benzene rings is 3. The van der Waals surface area contributed by atoms with Crippen molar-refractivity contribution < 1.29 is 9.47 Å². The van der Waals surface area contributed by atoms with Crippen molar-refractivity contribution in [1.82, 2.24) is 0 Å². The predicted molar refractivity (Wildman–Crippen MR) is 109 cm³/mol. The number of hydrogen-bond donors (Lipinski definition) is 0. The molecule has 1 aliphatic heterocycles. The zero-order valence-electron chi connectivity index (χ0n) is 15.8. The van der Waals surface area contributed by atoms with Gasteiger partial charge in [-0.05, 0) is 29.7 Å². The molecule has 1 atom stereocenters. The van der Waals surface area contributed by atoms with Crippen LogP contribution in [0.5, 0.6) is 5.75 Å². The lowest BCUT2D eigenvalue weighted by molar-refractivity contribution is 0.0513. The number of para-hydroxylation sites is 1. The Hall–Kier alpha value is -2.58. The summed E-state index contributed by atoms with van der Waals surface area (Å²) in [4.78, 5) is 0. The molecule has 1 aliphatic rings. The number of hydrogen-bond acceptors (Lipinski definition) is 2. The summed E-state index contributed by atoms with van der Waals surface area (Å²) in [5.41, 5.74) is 1.71. The molecule has 0 spiro atoms. The van der Waals surface area contributed by atoms with E-state index in [0.717, 1.165) is 29.7 Å². The van der Waals surface area contributed by atoms with Crippen molar-refractivity contribution in [1.29, 1.82) is 0 Å². The van der Waals surface area contributed by atoms with Crippen LogP contribution in [-0.4, -0.2) is 5.79 Å². The van der Waals surface area contributed by atoms with Gasteiger partial charge in [0.2, 0.25) is 5.79 Å². The summed E-state index contributed by atoms with van der Waals surface area (Å²) in [6, 6.07) is 31.0. The second-order valence-electron chi connectivity index (χ2n) is 7.14. The predicted octanol–water partition coefficient (Wildman–Crippen LogP) is 6.32. The van der Waals surface area contributed by atoms with Gasteiger partial charge in [0.05, 0.1) is 0 Å². The van der Waals surface area contributed by atoms with E-state index in [1.807, 2.05) is 42.5 Å². The second-order valence-corrected chi connectivity index (χ2v) is 7.14. The minimum atomic E-state index is -0.674. The van der Waals surface area contributed by atoms with Crippen LogP contribution in [0.3, 0.4) is 0 Å². The van der Waals surface area contributed by atoms with Crippen LogP contribution >= 0.6 is 0 Å². The molecular formula is C25H26O2. The van der Waals surface area contributed by atoms with E-state index in [2.05, 4.69) is 55.5 Å². The van der Waals surface area contributed by atoms with Crippen molar-refractivity contribution in [2.24, 2.45) is 0 Å². The minimum Gasteiger partial charge on any atom is -0.458 e. The highest BCUT2D eigenvalue weighted by molar-refractivity contribution is 5.46. The molecule has 0 bridgehead atoms. The van der Waals surface area contributed by atoms with E-state index in [4.69, 9.17) is 9.47 Å². The zero-order valence-corrected chi connectivity index (χ0v) is 15.8. The van der Waals surface area contributed by atoms with Gasteiger partial charge in [-0.2, -0.15) is 0 Å². The van der Waals surface area contributed by atoms with Gasteiger partial charge in [0.1, 0.15) is 5.75 Å². The molecule has 1 heterocycles. The third-order valence-electron chi connectivity index (χ3n) is 5.31. The monoisotopic (exact) mass is 358 g/mol. The fourth-order valence-corrected chi connectivity index (χ4v) is 3.95. The van der Waals surface area contributed by atoms with Crippen molar-refractivity contribution in [2.75, 3.05) is 0 Å². The fraction of sp³-hybridized carbons (Fsp3) is 0.280. The maximum absolute atomic E-state index is 6.59. The molecule has 0 amide bonds. The molecule has 138 valence electrons. The zero-order chi connectivity index (χ0) is 18.6. The van der Waals surface area contributed by atoms with Crippen LogP contribution in [0, 0.1) is 0 Å². The molecule has 2 nitrogen and oxygen atoms in total. The summed E-state index contributed by atoms with van der Waals surface area (Å²) >= 11 is 0. The Morgan fingerprint density at radius 2 is 1.22 bits per heavy atom. The standard InChI is InChI=1S/C25H26O2/c1-2-3-13-20-24(26-23-18-11-6-12-19-23)25(27-24,21-14-7-4-8-15-21)22-16-9-5-10-17-22/h4-12,14-19H,2-3,13,20H2,1H3. The summed E-state index contributed by atoms with van der Waals surface area (Å²) in [5.74, 6) is 0.175. The largest absolute Gasteiger partial charge is 0.458 e. The highest BCUT2D eigenvalue weighted by Crippen LogP contribution is 2.62. The molecule has 1 unspecified atom stereocenters. The maximum atomic E-state index is 6.59. The first-order chi connectivity index (χ1) is 13.3. The normalized spacial score (nSPS) is 20.2. The molecule has 3 aromatic rings. The summed E-state index contributed by atoms with van der Waals surface area (Å²) < 4.78 is 13.2. The van der Waals surface area contributed by atoms with Crippen LogP contribution in [0.4, 0.5) is 0 Å². The van der Waals surface area contributed by atoms with Gasteiger partial charge in [0.15, 0.2) is 5.60 Å². The lowest BCUT2D eigenvalue weighted by atomic mass is 9.84. The molecule has 4 rings (SSSR count). The van der Waals surface area contributed by atoms with Crippen molar-refractivity contribution in [3.8, 4) is 5.75 Å². The highest BCUT2D eigenvalue weighted by atomic mass is 16.8. The fourth-order valence-electron chi connectivity index (χ4n) is 3.95. The van der Waals surface area contributed by atoms with Crippen LogP contribution in [0.1, 0.15) is 43.7 Å². The molecule has 1 saturated heterocycles. The molecule has 0 aliphatic carbocycles. The topological polar surface area (TPSA) is 21.8 Å². The summed E-state index contributed by atoms with van der Waals surface area (Å²) in [7, 11) is 0. The van der Waals surface area contributed by atoms with Gasteiger partial charge in [0, 0.05) is 6.42 Å². The summed E-state index contributed by atoms with van der Waals surface area (Å²) in [5, 5.41) is 0. The first-order valence-corrected chi connectivity index (χ1v) is 9.86. The van der Waals surface area contributed by atoms with Gasteiger partial charge < -0.3 is 9.47 Å². The van der Waals surface area contributed by atoms with E-state index in [-0.39, 0.29) is 0 Å². The van der Waals surface area contributed by atoms with Gasteiger partial charge in [0.25, 0.3) is 0 Å². The van der Waals surface area contributed by atoms with Gasteiger partial charge in [-0.1, -0.05) is 98.6 Å². The Bertz CT molecular complexity index is 806. The van der Waals surface area contributed by atoms with Crippen LogP contribution in [-0.2, 0) is 10.3 Å². The third kappa shape index (κ3) is 3.26. The first kappa shape index (κ1) is 17.8. The summed E-state index contributed by atoms with van der Waals surface area (Å²) in [6.07, 6.45) is 4.28. The number of unbranched alkanes of at least 4 members (excludes halogenated alkanes) is 2. The van der Waals surface area contributed by atoms with Crippen LogP contribution in [0.15, 0.2) is 91.0 Å². The van der Waals surface area contributed by atoms with Gasteiger partial charge >= 0.3 is 0 Å². The number of ether oxygens (including phenoxy) is 2. The number of rotatable bonds is 8. The van der Waals surface area contributed by atoms with Crippen LogP contribution in [0.2, 0.25) is 0 Å². The van der Waals surface area contributed by atoms with Crippen molar-refractivity contribution in [3.63, 3.8) is 0 Å². The molecule has 0 aromatic heterocycles. The quantitative estimate of drug-likeness (QED) is 0.347. The first-order valence-electron chi connectivity index (χ1n) is 9.86. The van der Waals surface area contributed by atoms with Crippen molar-refractivity contribution >= 4 is 0 Å². The Morgan fingerprint density at radius 1 is 0.704 bits per heavy atom. The van der Waals surface area contributed by atoms with E-state index in [9.17, 15) is 0 Å².